The number of nitrogens with zero attached hydrogens (tertiary/aromatic N) is 5. The SMILES string of the molecule is CCn1cc(C(=O)[O-])c(=O)c2cnc(N3CCN(C(=S)NC(=O)c4ccc(F)c(F)c4)CC3)nc21. The normalized spacial score (nSPS) is 13.7. The smallest absolute Gasteiger partial charge is 0.257 e. The van der Waals surface area contributed by atoms with Gasteiger partial charge in [-0.05, 0) is 37.3 Å². The molecule has 1 fully saturated rings. The van der Waals surface area contributed by atoms with Crippen molar-refractivity contribution in [1.82, 2.24) is 24.8 Å². The van der Waals surface area contributed by atoms with Gasteiger partial charge in [0.15, 0.2) is 16.7 Å². The lowest BCUT2D eigenvalue weighted by atomic mass is 10.2. The van der Waals surface area contributed by atoms with Gasteiger partial charge in [-0.2, -0.15) is 4.98 Å². The molecule has 1 amide bonds. The summed E-state index contributed by atoms with van der Waals surface area (Å²) in [4.78, 5) is 48.4. The highest BCUT2D eigenvalue weighted by Gasteiger charge is 2.23. The molecule has 1 aromatic carbocycles. The van der Waals surface area contributed by atoms with Gasteiger partial charge in [0.2, 0.25) is 11.4 Å². The lowest BCUT2D eigenvalue weighted by Crippen LogP contribution is -2.53. The zero-order valence-corrected chi connectivity index (χ0v) is 19.3. The molecule has 13 heteroatoms. The van der Waals surface area contributed by atoms with Gasteiger partial charge in [0.25, 0.3) is 5.91 Å². The Morgan fingerprint density at radius 3 is 2.51 bits per heavy atom. The number of hydrogen-bond acceptors (Lipinski definition) is 8. The molecule has 0 unspecified atom stereocenters. The number of thiocarbonyl (C=S) groups is 1. The van der Waals surface area contributed by atoms with Gasteiger partial charge in [-0.3, -0.25) is 14.9 Å². The summed E-state index contributed by atoms with van der Waals surface area (Å²) in [6, 6.07) is 2.83. The molecule has 1 N–H and O–H groups in total. The van der Waals surface area contributed by atoms with E-state index in [4.69, 9.17) is 12.2 Å². The predicted molar refractivity (Wildman–Crippen MR) is 124 cm³/mol. The number of carboxylic acids is 1. The fourth-order valence-corrected chi connectivity index (χ4v) is 3.97. The van der Waals surface area contributed by atoms with Crippen LogP contribution in [0.1, 0.15) is 27.6 Å². The molecule has 3 aromatic rings. The number of aromatic carboxylic acids is 1. The Hall–Kier alpha value is -4.00. The average molecular weight is 501 g/mol. The van der Waals surface area contributed by atoms with Crippen molar-refractivity contribution < 1.29 is 23.5 Å². The zero-order valence-electron chi connectivity index (χ0n) is 18.5. The van der Waals surface area contributed by atoms with E-state index in [1.54, 1.807) is 16.4 Å². The second-order valence-electron chi connectivity index (χ2n) is 7.71. The minimum atomic E-state index is -1.56. The fourth-order valence-electron chi connectivity index (χ4n) is 3.70. The molecular weight excluding hydrogens is 482 g/mol. The lowest BCUT2D eigenvalue weighted by molar-refractivity contribution is -0.255. The Balaban J connectivity index is 1.45. The van der Waals surface area contributed by atoms with E-state index in [9.17, 15) is 28.3 Å². The molecular formula is C22H19F2N6O4S-. The number of fused-ring (bicyclic) bond motifs is 1. The number of amides is 1. The van der Waals surface area contributed by atoms with Crippen molar-refractivity contribution in [3.8, 4) is 0 Å². The first kappa shape index (κ1) is 24.1. The highest BCUT2D eigenvalue weighted by molar-refractivity contribution is 7.80. The molecule has 0 spiro atoms. The number of aryl methyl sites for hydroxylation is 1. The van der Waals surface area contributed by atoms with Gasteiger partial charge in [-0.15, -0.1) is 0 Å². The first-order chi connectivity index (χ1) is 16.7. The monoisotopic (exact) mass is 501 g/mol. The molecule has 1 aliphatic rings. The van der Waals surface area contributed by atoms with Crippen molar-refractivity contribution in [2.24, 2.45) is 0 Å². The number of carboxylic acid groups (broad SMARTS) is 1. The highest BCUT2D eigenvalue weighted by Crippen LogP contribution is 2.16. The Morgan fingerprint density at radius 2 is 1.89 bits per heavy atom. The van der Waals surface area contributed by atoms with Crippen molar-refractivity contribution in [3.63, 3.8) is 0 Å². The number of aromatic nitrogens is 3. The molecule has 35 heavy (non-hydrogen) atoms. The second kappa shape index (κ2) is 9.70. The van der Waals surface area contributed by atoms with E-state index in [1.165, 1.54) is 12.4 Å². The van der Waals surface area contributed by atoms with Crippen LogP contribution in [0.15, 0.2) is 35.4 Å². The molecule has 1 aliphatic heterocycles. The molecule has 2 aromatic heterocycles. The number of carbonyl (C=O) groups excluding carboxylic acids is 2. The van der Waals surface area contributed by atoms with Crippen LogP contribution in [0.2, 0.25) is 0 Å². The fraction of sp³-hybridized carbons (Fsp3) is 0.273. The molecule has 0 atom stereocenters. The molecule has 4 rings (SSSR count). The number of rotatable bonds is 4. The number of piperazine rings is 1. The van der Waals surface area contributed by atoms with Gasteiger partial charge in [0.05, 0.1) is 16.9 Å². The molecule has 0 saturated carbocycles. The predicted octanol–water partition coefficient (Wildman–Crippen LogP) is 0.290. The number of nitrogens with one attached hydrogen (secondary N) is 1. The van der Waals surface area contributed by atoms with E-state index in [-0.39, 0.29) is 16.1 Å². The summed E-state index contributed by atoms with van der Waals surface area (Å²) in [7, 11) is 0. The molecule has 1 saturated heterocycles. The van der Waals surface area contributed by atoms with Crippen molar-refractivity contribution >= 4 is 46.2 Å². The van der Waals surface area contributed by atoms with Crippen molar-refractivity contribution in [3.05, 3.63) is 63.6 Å². The third-order valence-corrected chi connectivity index (χ3v) is 5.98. The number of anilines is 1. The number of pyridine rings is 1. The molecule has 182 valence electrons. The topological polar surface area (TPSA) is 123 Å². The third kappa shape index (κ3) is 4.80. The van der Waals surface area contributed by atoms with E-state index < -0.39 is 34.5 Å². The Kier molecular flexibility index (Phi) is 6.69. The number of halogens is 2. The van der Waals surface area contributed by atoms with E-state index in [0.717, 1.165) is 18.2 Å². The molecule has 3 heterocycles. The summed E-state index contributed by atoms with van der Waals surface area (Å²) in [5, 5.41) is 14.0. The van der Waals surface area contributed by atoms with E-state index in [2.05, 4.69) is 15.3 Å². The molecule has 0 aliphatic carbocycles. The Morgan fingerprint density at radius 1 is 1.17 bits per heavy atom. The van der Waals surface area contributed by atoms with Gasteiger partial charge >= 0.3 is 0 Å². The number of benzene rings is 1. The quantitative estimate of drug-likeness (QED) is 0.503. The van der Waals surface area contributed by atoms with Gasteiger partial charge in [0.1, 0.15) is 5.65 Å². The van der Waals surface area contributed by atoms with Crippen LogP contribution in [0, 0.1) is 11.6 Å². The first-order valence-electron chi connectivity index (χ1n) is 10.6. The summed E-state index contributed by atoms with van der Waals surface area (Å²) in [6.07, 6.45) is 2.51. The van der Waals surface area contributed by atoms with Gasteiger partial charge in [0, 0.05) is 50.7 Å². The van der Waals surface area contributed by atoms with Crippen molar-refractivity contribution in [1.29, 1.82) is 0 Å². The summed E-state index contributed by atoms with van der Waals surface area (Å²) >= 11 is 5.29. The van der Waals surface area contributed by atoms with Crippen LogP contribution < -0.4 is 20.8 Å². The van der Waals surface area contributed by atoms with E-state index in [0.29, 0.717) is 44.3 Å². The number of carbonyl (C=O) groups is 2. The minimum Gasteiger partial charge on any atom is -0.545 e. The second-order valence-corrected chi connectivity index (χ2v) is 8.10. The van der Waals surface area contributed by atoms with Gasteiger partial charge in [-0.1, -0.05) is 0 Å². The van der Waals surface area contributed by atoms with Crippen LogP contribution in [-0.4, -0.2) is 62.6 Å². The van der Waals surface area contributed by atoms with Crippen LogP contribution >= 0.6 is 12.2 Å². The minimum absolute atomic E-state index is 0.0572. The largest absolute Gasteiger partial charge is 0.545 e. The maximum absolute atomic E-state index is 13.4. The van der Waals surface area contributed by atoms with Crippen LogP contribution in [-0.2, 0) is 6.54 Å². The van der Waals surface area contributed by atoms with Gasteiger partial charge in [-0.25, -0.2) is 13.8 Å². The molecule has 10 nitrogen and oxygen atoms in total. The van der Waals surface area contributed by atoms with Crippen LogP contribution in [0.25, 0.3) is 11.0 Å². The highest BCUT2D eigenvalue weighted by atomic mass is 32.1. The summed E-state index contributed by atoms with van der Waals surface area (Å²) in [5.74, 6) is -4.03. The standard InChI is InChI=1S/C22H20F2N6O4S/c1-2-28-11-14(20(33)34)17(31)13-10-25-21(26-18(13)28)29-5-7-30(8-6-29)22(35)27-19(32)12-3-4-15(23)16(24)9-12/h3-4,9-11H,2,5-8H2,1H3,(H,33,34)(H,27,32,35)/p-1. The third-order valence-electron chi connectivity index (χ3n) is 5.61. The van der Waals surface area contributed by atoms with Crippen LogP contribution in [0.5, 0.6) is 0 Å². The maximum atomic E-state index is 13.4. The van der Waals surface area contributed by atoms with Crippen molar-refractivity contribution in [2.75, 3.05) is 31.1 Å². The van der Waals surface area contributed by atoms with Crippen LogP contribution in [0.4, 0.5) is 14.7 Å². The summed E-state index contributed by atoms with van der Waals surface area (Å²) in [5.41, 5.74) is -0.908. The molecule has 0 bridgehead atoms. The maximum Gasteiger partial charge on any atom is 0.257 e. The van der Waals surface area contributed by atoms with E-state index in [1.807, 2.05) is 4.90 Å². The zero-order chi connectivity index (χ0) is 25.3. The first-order valence-corrected chi connectivity index (χ1v) is 11.0. The van der Waals surface area contributed by atoms with Crippen molar-refractivity contribution in [2.45, 2.75) is 13.5 Å². The number of hydrogen-bond donors (Lipinski definition) is 1. The van der Waals surface area contributed by atoms with Crippen LogP contribution in [0.3, 0.4) is 0 Å². The Labute approximate surface area is 202 Å². The Bertz CT molecular complexity index is 1400. The van der Waals surface area contributed by atoms with Gasteiger partial charge < -0.3 is 24.3 Å². The summed E-state index contributed by atoms with van der Waals surface area (Å²) < 4.78 is 28.0. The summed E-state index contributed by atoms with van der Waals surface area (Å²) in [6.45, 7) is 3.90. The lowest BCUT2D eigenvalue weighted by Gasteiger charge is -2.36. The van der Waals surface area contributed by atoms with E-state index >= 15 is 0 Å². The molecule has 0 radical (unpaired) electrons. The average Bonchev–Trinajstić information content (AvgIpc) is 2.85.